The molecule has 0 spiro atoms. The standard InChI is InChI=1S/C7H14ClO6PS/c1-3-7(6-14-16(2,10)11)4-12-15(8,9)13-5-7/h3-6H2,1-2H3. The third kappa shape index (κ3) is 4.31. The lowest BCUT2D eigenvalue weighted by Crippen LogP contribution is -2.39. The van der Waals surface area contributed by atoms with Crippen LogP contribution in [0.1, 0.15) is 13.3 Å². The molecular formula is C7H14ClO6PS. The van der Waals surface area contributed by atoms with Gasteiger partial charge < -0.3 is 0 Å². The molecule has 0 N–H and O–H groups in total. The molecule has 16 heavy (non-hydrogen) atoms. The first-order chi connectivity index (χ1) is 7.18. The van der Waals surface area contributed by atoms with Gasteiger partial charge in [-0.2, -0.15) is 8.42 Å². The zero-order chi connectivity index (χ0) is 12.4. The first-order valence-electron chi connectivity index (χ1n) is 4.61. The normalized spacial score (nSPS) is 36.2. The van der Waals surface area contributed by atoms with E-state index in [9.17, 15) is 13.0 Å². The van der Waals surface area contributed by atoms with Crippen LogP contribution in [0.2, 0.25) is 0 Å². The molecule has 6 nitrogen and oxygen atoms in total. The van der Waals surface area contributed by atoms with E-state index in [0.717, 1.165) is 6.26 Å². The highest BCUT2D eigenvalue weighted by Gasteiger charge is 2.41. The topological polar surface area (TPSA) is 78.9 Å². The summed E-state index contributed by atoms with van der Waals surface area (Å²) >= 11 is 5.40. The Morgan fingerprint density at radius 2 is 1.94 bits per heavy atom. The van der Waals surface area contributed by atoms with E-state index in [2.05, 4.69) is 0 Å². The Labute approximate surface area is 99.7 Å². The summed E-state index contributed by atoms with van der Waals surface area (Å²) in [7, 11) is -3.51. The molecule has 1 fully saturated rings. The monoisotopic (exact) mass is 292 g/mol. The molecule has 9 heteroatoms. The van der Waals surface area contributed by atoms with Gasteiger partial charge in [0.1, 0.15) is 0 Å². The van der Waals surface area contributed by atoms with Crippen LogP contribution >= 0.6 is 18.2 Å². The first kappa shape index (κ1) is 14.4. The summed E-state index contributed by atoms with van der Waals surface area (Å²) in [5.74, 6) is 0. The molecule has 1 rings (SSSR count). The van der Waals surface area contributed by atoms with Gasteiger partial charge in [-0.25, -0.2) is 4.57 Å². The molecule has 0 atom stereocenters. The number of hydrogen-bond acceptors (Lipinski definition) is 6. The summed E-state index contributed by atoms with van der Waals surface area (Å²) in [4.78, 5) is 0. The lowest BCUT2D eigenvalue weighted by atomic mass is 9.88. The van der Waals surface area contributed by atoms with Crippen LogP contribution in [0.15, 0.2) is 0 Å². The highest BCUT2D eigenvalue weighted by Crippen LogP contribution is 2.58. The Morgan fingerprint density at radius 3 is 2.31 bits per heavy atom. The van der Waals surface area contributed by atoms with Crippen LogP contribution in [0.5, 0.6) is 0 Å². The van der Waals surface area contributed by atoms with Gasteiger partial charge >= 0.3 is 6.95 Å². The lowest BCUT2D eigenvalue weighted by molar-refractivity contribution is -0.00890. The van der Waals surface area contributed by atoms with E-state index in [4.69, 9.17) is 24.5 Å². The number of halogens is 1. The van der Waals surface area contributed by atoms with Gasteiger partial charge in [0.25, 0.3) is 10.1 Å². The molecule has 1 aliphatic rings. The van der Waals surface area contributed by atoms with Crippen molar-refractivity contribution < 1.29 is 26.2 Å². The van der Waals surface area contributed by atoms with Crippen LogP contribution in [0.25, 0.3) is 0 Å². The summed E-state index contributed by atoms with van der Waals surface area (Å²) in [6, 6.07) is 0. The summed E-state index contributed by atoms with van der Waals surface area (Å²) in [6.45, 7) is -1.60. The van der Waals surface area contributed by atoms with Gasteiger partial charge in [-0.15, -0.1) is 0 Å². The molecule has 0 unspecified atom stereocenters. The summed E-state index contributed by atoms with van der Waals surface area (Å²) in [5, 5.41) is 0. The second-order valence-electron chi connectivity index (χ2n) is 3.80. The number of hydrogen-bond donors (Lipinski definition) is 0. The molecule has 0 aromatic carbocycles. The van der Waals surface area contributed by atoms with Crippen LogP contribution < -0.4 is 0 Å². The molecule has 0 aromatic heterocycles. The van der Waals surface area contributed by atoms with Gasteiger partial charge in [-0.05, 0) is 6.42 Å². The molecule has 0 aromatic rings. The quantitative estimate of drug-likeness (QED) is 0.580. The molecule has 1 heterocycles. The number of rotatable bonds is 4. The van der Waals surface area contributed by atoms with Gasteiger partial charge in [0.15, 0.2) is 0 Å². The van der Waals surface area contributed by atoms with E-state index < -0.39 is 22.5 Å². The zero-order valence-electron chi connectivity index (χ0n) is 9.01. The van der Waals surface area contributed by atoms with Crippen molar-refractivity contribution in [2.24, 2.45) is 5.41 Å². The molecule has 0 saturated carbocycles. The molecule has 96 valence electrons. The Kier molecular flexibility index (Phi) is 4.43. The van der Waals surface area contributed by atoms with Crippen molar-refractivity contribution in [2.45, 2.75) is 13.3 Å². The third-order valence-electron chi connectivity index (χ3n) is 2.38. The predicted molar refractivity (Wildman–Crippen MR) is 58.9 cm³/mol. The summed E-state index contributed by atoms with van der Waals surface area (Å²) in [6.07, 6.45) is 1.53. The van der Waals surface area contributed by atoms with Crippen LogP contribution in [-0.4, -0.2) is 34.5 Å². The van der Waals surface area contributed by atoms with Crippen molar-refractivity contribution in [1.82, 2.24) is 0 Å². The zero-order valence-corrected chi connectivity index (χ0v) is 11.5. The average Bonchev–Trinajstić information content (AvgIpc) is 2.16. The summed E-state index contributed by atoms with van der Waals surface area (Å²) < 4.78 is 47.4. The molecule has 1 aliphatic heterocycles. The van der Waals surface area contributed by atoms with Gasteiger partial charge in [0.05, 0.1) is 26.1 Å². The lowest BCUT2D eigenvalue weighted by Gasteiger charge is -2.36. The van der Waals surface area contributed by atoms with Crippen molar-refractivity contribution in [2.75, 3.05) is 26.1 Å². The molecule has 0 aliphatic carbocycles. The second-order valence-corrected chi connectivity index (χ2v) is 8.06. The van der Waals surface area contributed by atoms with Gasteiger partial charge in [0.2, 0.25) is 0 Å². The van der Waals surface area contributed by atoms with E-state index >= 15 is 0 Å². The smallest absolute Gasteiger partial charge is 0.296 e. The van der Waals surface area contributed by atoms with Crippen molar-refractivity contribution in [1.29, 1.82) is 0 Å². The maximum Gasteiger partial charge on any atom is 0.424 e. The van der Waals surface area contributed by atoms with E-state index in [-0.39, 0.29) is 19.8 Å². The maximum atomic E-state index is 11.2. The van der Waals surface area contributed by atoms with Crippen molar-refractivity contribution in [3.05, 3.63) is 0 Å². The average molecular weight is 293 g/mol. The fourth-order valence-corrected chi connectivity index (χ4v) is 2.82. The van der Waals surface area contributed by atoms with Gasteiger partial charge in [-0.1, -0.05) is 6.92 Å². The van der Waals surface area contributed by atoms with Crippen LogP contribution in [-0.2, 0) is 27.9 Å². The second kappa shape index (κ2) is 4.92. The van der Waals surface area contributed by atoms with Crippen molar-refractivity contribution >= 4 is 28.3 Å². The van der Waals surface area contributed by atoms with E-state index in [1.54, 1.807) is 0 Å². The molecule has 1 saturated heterocycles. The van der Waals surface area contributed by atoms with E-state index in [0.29, 0.717) is 6.42 Å². The molecule has 0 radical (unpaired) electrons. The fourth-order valence-electron chi connectivity index (χ4n) is 1.13. The van der Waals surface area contributed by atoms with Gasteiger partial charge in [0, 0.05) is 16.7 Å². The molecule has 0 amide bonds. The van der Waals surface area contributed by atoms with E-state index in [1.807, 2.05) is 6.92 Å². The van der Waals surface area contributed by atoms with Crippen LogP contribution in [0.3, 0.4) is 0 Å². The predicted octanol–water partition coefficient (Wildman–Crippen LogP) is 1.75. The minimum Gasteiger partial charge on any atom is -0.296 e. The Morgan fingerprint density at radius 1 is 1.44 bits per heavy atom. The van der Waals surface area contributed by atoms with Gasteiger partial charge in [-0.3, -0.25) is 13.2 Å². The highest BCUT2D eigenvalue weighted by molar-refractivity contribution is 7.86. The largest absolute Gasteiger partial charge is 0.424 e. The van der Waals surface area contributed by atoms with Crippen molar-refractivity contribution in [3.63, 3.8) is 0 Å². The first-order valence-corrected chi connectivity index (χ1v) is 8.88. The van der Waals surface area contributed by atoms with E-state index in [1.165, 1.54) is 0 Å². The Hall–Kier alpha value is 0.350. The van der Waals surface area contributed by atoms with Crippen LogP contribution in [0, 0.1) is 5.41 Å². The fraction of sp³-hybridized carbons (Fsp3) is 1.00. The highest BCUT2D eigenvalue weighted by atomic mass is 35.7. The SMILES string of the molecule is CCC1(COS(C)(=O)=O)COP(=O)(Cl)OC1. The third-order valence-corrected chi connectivity index (χ3v) is 4.39. The van der Waals surface area contributed by atoms with Crippen molar-refractivity contribution in [3.8, 4) is 0 Å². The minimum atomic E-state index is -3.51. The Balaban J connectivity index is 2.63. The Bertz CT molecular complexity index is 382. The maximum absolute atomic E-state index is 11.2. The molecular weight excluding hydrogens is 279 g/mol. The minimum absolute atomic E-state index is 0.0554. The molecule has 0 bridgehead atoms. The van der Waals surface area contributed by atoms with Crippen LogP contribution in [0.4, 0.5) is 0 Å². The summed E-state index contributed by atoms with van der Waals surface area (Å²) in [5.41, 5.74) is -0.619.